The van der Waals surface area contributed by atoms with Crippen LogP contribution < -0.4 is 5.32 Å². The van der Waals surface area contributed by atoms with E-state index in [2.05, 4.69) is 21.2 Å². The molecule has 0 spiro atoms. The zero-order valence-electron chi connectivity index (χ0n) is 10.5. The Labute approximate surface area is 115 Å². The van der Waals surface area contributed by atoms with Crippen molar-refractivity contribution in [2.24, 2.45) is 5.92 Å². The van der Waals surface area contributed by atoms with Crippen LogP contribution in [0.1, 0.15) is 30.6 Å². The molecule has 1 rings (SSSR count). The van der Waals surface area contributed by atoms with Crippen LogP contribution >= 0.6 is 15.9 Å². The van der Waals surface area contributed by atoms with Gasteiger partial charge in [0.15, 0.2) is 0 Å². The van der Waals surface area contributed by atoms with Gasteiger partial charge in [0.05, 0.1) is 0 Å². The van der Waals surface area contributed by atoms with Crippen LogP contribution in [-0.4, -0.2) is 27.5 Å². The number of phenols is 2. The summed E-state index contributed by atoms with van der Waals surface area (Å²) in [5.41, 5.74) is -0.0716. The number of hydrogen-bond donors (Lipinski definition) is 3. The van der Waals surface area contributed by atoms with Crippen molar-refractivity contribution in [1.82, 2.24) is 5.32 Å². The number of carbonyl (C=O) groups excluding carboxylic acids is 1. The lowest BCUT2D eigenvalue weighted by Gasteiger charge is -2.22. The molecule has 5 heteroatoms. The van der Waals surface area contributed by atoms with E-state index < -0.39 is 5.91 Å². The Morgan fingerprint density at radius 1 is 1.33 bits per heavy atom. The average Bonchev–Trinajstić information content (AvgIpc) is 2.28. The van der Waals surface area contributed by atoms with Gasteiger partial charge in [-0.2, -0.15) is 0 Å². The van der Waals surface area contributed by atoms with Crippen molar-refractivity contribution >= 4 is 21.8 Å². The minimum absolute atomic E-state index is 0.00381. The molecule has 1 unspecified atom stereocenters. The van der Waals surface area contributed by atoms with Gasteiger partial charge in [-0.25, -0.2) is 0 Å². The van der Waals surface area contributed by atoms with Gasteiger partial charge in [-0.05, 0) is 24.5 Å². The van der Waals surface area contributed by atoms with Gasteiger partial charge in [0.25, 0.3) is 5.91 Å². The van der Waals surface area contributed by atoms with Gasteiger partial charge in [0.1, 0.15) is 17.1 Å². The largest absolute Gasteiger partial charge is 0.507 e. The van der Waals surface area contributed by atoms with E-state index in [-0.39, 0.29) is 29.0 Å². The molecule has 0 bridgehead atoms. The number of halogens is 1. The van der Waals surface area contributed by atoms with Gasteiger partial charge in [0.2, 0.25) is 0 Å². The number of benzene rings is 1. The number of nitrogens with one attached hydrogen (secondary N) is 1. The summed E-state index contributed by atoms with van der Waals surface area (Å²) in [6.45, 7) is 4.02. The molecular formula is C13H18BrNO3. The van der Waals surface area contributed by atoms with E-state index in [0.717, 1.165) is 11.8 Å². The van der Waals surface area contributed by atoms with E-state index in [1.165, 1.54) is 18.2 Å². The van der Waals surface area contributed by atoms with Crippen molar-refractivity contribution in [3.63, 3.8) is 0 Å². The van der Waals surface area contributed by atoms with Gasteiger partial charge in [-0.15, -0.1) is 0 Å². The summed E-state index contributed by atoms with van der Waals surface area (Å²) in [5, 5.41) is 22.8. The highest BCUT2D eigenvalue weighted by molar-refractivity contribution is 9.09. The first-order valence-corrected chi connectivity index (χ1v) is 6.97. The van der Waals surface area contributed by atoms with Crippen LogP contribution in [0.2, 0.25) is 0 Å². The first-order chi connectivity index (χ1) is 8.47. The average molecular weight is 316 g/mol. The van der Waals surface area contributed by atoms with Crippen molar-refractivity contribution in [3.8, 4) is 11.5 Å². The molecule has 0 heterocycles. The Kier molecular flexibility index (Phi) is 5.47. The molecule has 0 aliphatic heterocycles. The van der Waals surface area contributed by atoms with Crippen molar-refractivity contribution < 1.29 is 15.0 Å². The lowest BCUT2D eigenvalue weighted by atomic mass is 10.0. The lowest BCUT2D eigenvalue weighted by molar-refractivity contribution is 0.0919. The number of hydrogen-bond acceptors (Lipinski definition) is 3. The van der Waals surface area contributed by atoms with E-state index in [0.29, 0.717) is 0 Å². The molecule has 0 aliphatic rings. The predicted molar refractivity (Wildman–Crippen MR) is 74.3 cm³/mol. The lowest BCUT2D eigenvalue weighted by Crippen LogP contribution is -2.38. The predicted octanol–water partition coefficient (Wildman–Crippen LogP) is 2.64. The number of alkyl halides is 1. The number of rotatable bonds is 5. The number of phenolic OH excluding ortho intramolecular Hbond substituents is 2. The van der Waals surface area contributed by atoms with Crippen molar-refractivity contribution in [2.45, 2.75) is 26.3 Å². The van der Waals surface area contributed by atoms with Gasteiger partial charge in [0, 0.05) is 11.4 Å². The number of carbonyl (C=O) groups is 1. The Bertz CT molecular complexity index is 400. The maximum Gasteiger partial charge on any atom is 0.259 e. The van der Waals surface area contributed by atoms with Crippen LogP contribution in [0.3, 0.4) is 0 Å². The summed E-state index contributed by atoms with van der Waals surface area (Å²) in [7, 11) is 0. The van der Waals surface area contributed by atoms with Crippen molar-refractivity contribution in [2.75, 3.05) is 5.33 Å². The quantitative estimate of drug-likeness (QED) is 0.732. The first-order valence-electron chi connectivity index (χ1n) is 5.85. The van der Waals surface area contributed by atoms with Gasteiger partial charge in [-0.1, -0.05) is 35.8 Å². The van der Waals surface area contributed by atoms with Gasteiger partial charge >= 0.3 is 0 Å². The van der Waals surface area contributed by atoms with E-state index in [1.54, 1.807) is 0 Å². The Morgan fingerprint density at radius 3 is 2.33 bits per heavy atom. The molecule has 1 amide bonds. The summed E-state index contributed by atoms with van der Waals surface area (Å²) in [5.74, 6) is -0.604. The second kappa shape index (κ2) is 6.64. The monoisotopic (exact) mass is 315 g/mol. The molecule has 0 fully saturated rings. The normalized spacial score (nSPS) is 12.4. The van der Waals surface area contributed by atoms with Gasteiger partial charge < -0.3 is 15.5 Å². The fraction of sp³-hybridized carbons (Fsp3) is 0.462. The van der Waals surface area contributed by atoms with Crippen LogP contribution in [0, 0.1) is 5.92 Å². The molecule has 0 aliphatic carbocycles. The molecule has 0 saturated carbocycles. The zero-order chi connectivity index (χ0) is 13.7. The zero-order valence-corrected chi connectivity index (χ0v) is 12.1. The molecule has 1 aromatic rings. The topological polar surface area (TPSA) is 69.6 Å². The minimum Gasteiger partial charge on any atom is -0.507 e. The molecule has 0 aromatic heterocycles. The van der Waals surface area contributed by atoms with Crippen molar-refractivity contribution in [1.29, 1.82) is 0 Å². The SMILES string of the molecule is CC(C)C(CCBr)NC(=O)c1c(O)cccc1O. The molecule has 18 heavy (non-hydrogen) atoms. The summed E-state index contributed by atoms with van der Waals surface area (Å²) in [6.07, 6.45) is 0.789. The molecule has 3 N–H and O–H groups in total. The molecule has 1 atom stereocenters. The van der Waals surface area contributed by atoms with Crippen LogP contribution in [0.5, 0.6) is 11.5 Å². The Morgan fingerprint density at radius 2 is 1.89 bits per heavy atom. The standard InChI is InChI=1S/C13H18BrNO3/c1-8(2)9(6-7-14)15-13(18)12-10(16)4-3-5-11(12)17/h3-5,8-9,16-17H,6-7H2,1-2H3,(H,15,18). The highest BCUT2D eigenvalue weighted by atomic mass is 79.9. The smallest absolute Gasteiger partial charge is 0.259 e. The summed E-state index contributed by atoms with van der Waals surface area (Å²) < 4.78 is 0. The summed E-state index contributed by atoms with van der Waals surface area (Å²) in [6, 6.07) is 4.24. The Balaban J connectivity index is 2.87. The number of aromatic hydroxyl groups is 2. The first kappa shape index (κ1) is 14.8. The van der Waals surface area contributed by atoms with Crippen LogP contribution in [-0.2, 0) is 0 Å². The number of amides is 1. The summed E-state index contributed by atoms with van der Waals surface area (Å²) in [4.78, 5) is 12.0. The molecule has 0 radical (unpaired) electrons. The molecular weight excluding hydrogens is 298 g/mol. The third-order valence-corrected chi connectivity index (χ3v) is 3.25. The third-order valence-electron chi connectivity index (χ3n) is 2.79. The van der Waals surface area contributed by atoms with Crippen LogP contribution in [0.15, 0.2) is 18.2 Å². The maximum absolute atomic E-state index is 12.0. The molecule has 4 nitrogen and oxygen atoms in total. The molecule has 0 saturated heterocycles. The molecule has 100 valence electrons. The maximum atomic E-state index is 12.0. The highest BCUT2D eigenvalue weighted by Crippen LogP contribution is 2.26. The third kappa shape index (κ3) is 3.63. The molecule has 1 aromatic carbocycles. The minimum atomic E-state index is -0.453. The van der Waals surface area contributed by atoms with Gasteiger partial charge in [-0.3, -0.25) is 4.79 Å². The van der Waals surface area contributed by atoms with Crippen LogP contribution in [0.25, 0.3) is 0 Å². The van der Waals surface area contributed by atoms with E-state index >= 15 is 0 Å². The van der Waals surface area contributed by atoms with E-state index in [1.807, 2.05) is 13.8 Å². The van der Waals surface area contributed by atoms with Crippen LogP contribution in [0.4, 0.5) is 0 Å². The fourth-order valence-electron chi connectivity index (χ4n) is 1.69. The summed E-state index contributed by atoms with van der Waals surface area (Å²) >= 11 is 3.34. The fourth-order valence-corrected chi connectivity index (χ4v) is 2.18. The van der Waals surface area contributed by atoms with E-state index in [4.69, 9.17) is 0 Å². The Hall–Kier alpha value is -1.23. The second-order valence-corrected chi connectivity index (χ2v) is 5.27. The van der Waals surface area contributed by atoms with E-state index in [9.17, 15) is 15.0 Å². The highest BCUT2D eigenvalue weighted by Gasteiger charge is 2.21. The van der Waals surface area contributed by atoms with Crippen molar-refractivity contribution in [3.05, 3.63) is 23.8 Å². The second-order valence-electron chi connectivity index (χ2n) is 4.47.